The van der Waals surface area contributed by atoms with E-state index in [2.05, 4.69) is 27.8 Å². The van der Waals surface area contributed by atoms with Crippen LogP contribution in [0.1, 0.15) is 5.56 Å². The van der Waals surface area contributed by atoms with Gasteiger partial charge in [0.05, 0.1) is 18.1 Å². The zero-order valence-electron chi connectivity index (χ0n) is 9.40. The number of hydrogen-bond donors (Lipinski definition) is 1. The van der Waals surface area contributed by atoms with E-state index in [1.165, 1.54) is 19.2 Å². The maximum Gasteiger partial charge on any atom is 0.273 e. The number of benzene rings is 1. The van der Waals surface area contributed by atoms with Crippen LogP contribution in [0.2, 0.25) is 0 Å². The highest BCUT2D eigenvalue weighted by atomic mass is 79.9. The molecule has 0 heterocycles. The molecule has 1 aromatic rings. The molecule has 1 N–H and O–H groups in total. The number of rotatable bonds is 6. The summed E-state index contributed by atoms with van der Waals surface area (Å²) in [6, 6.07) is 4.68. The lowest BCUT2D eigenvalue weighted by atomic mass is 10.2. The number of methoxy groups -OCH3 is 1. The second-order valence-corrected chi connectivity index (χ2v) is 4.54. The Morgan fingerprint density at radius 1 is 1.59 bits per heavy atom. The Balaban J connectivity index is 2.80. The molecule has 0 radical (unpaired) electrons. The Morgan fingerprint density at radius 2 is 2.29 bits per heavy atom. The van der Waals surface area contributed by atoms with Crippen LogP contribution in [0.15, 0.2) is 29.3 Å². The molecule has 0 saturated carbocycles. The number of nitrogens with zero attached hydrogens (tertiary/aromatic N) is 1. The fraction of sp³-hybridized carbons (Fsp3) is 0.273. The SMILES string of the molecule is C=C(Br)CNCc1cc(OC)cc([N+](=O)[O-])c1. The van der Waals surface area contributed by atoms with E-state index in [-0.39, 0.29) is 5.69 Å². The fourth-order valence-corrected chi connectivity index (χ4v) is 1.51. The van der Waals surface area contributed by atoms with Crippen LogP contribution in [0.25, 0.3) is 0 Å². The van der Waals surface area contributed by atoms with Gasteiger partial charge in [0.1, 0.15) is 5.75 Å². The molecule has 0 aliphatic rings. The van der Waals surface area contributed by atoms with Crippen molar-refractivity contribution in [3.63, 3.8) is 0 Å². The van der Waals surface area contributed by atoms with Crippen LogP contribution in [0.3, 0.4) is 0 Å². The summed E-state index contributed by atoms with van der Waals surface area (Å²) in [5.74, 6) is 0.480. The van der Waals surface area contributed by atoms with Crippen LogP contribution in [0.4, 0.5) is 5.69 Å². The lowest BCUT2D eigenvalue weighted by Gasteiger charge is -2.06. The average Bonchev–Trinajstić information content (AvgIpc) is 2.28. The Bertz CT molecular complexity index is 435. The number of halogens is 1. The summed E-state index contributed by atoms with van der Waals surface area (Å²) in [4.78, 5) is 10.3. The van der Waals surface area contributed by atoms with Gasteiger partial charge >= 0.3 is 0 Å². The van der Waals surface area contributed by atoms with Crippen LogP contribution < -0.4 is 10.1 Å². The van der Waals surface area contributed by atoms with Crippen LogP contribution in [0, 0.1) is 10.1 Å². The van der Waals surface area contributed by atoms with Gasteiger partial charge < -0.3 is 10.1 Å². The van der Waals surface area contributed by atoms with Gasteiger partial charge in [-0.25, -0.2) is 0 Å². The van der Waals surface area contributed by atoms with Gasteiger partial charge in [-0.1, -0.05) is 22.5 Å². The second kappa shape index (κ2) is 6.36. The first-order valence-electron chi connectivity index (χ1n) is 4.89. The number of nitro groups is 1. The molecule has 0 aliphatic carbocycles. The average molecular weight is 301 g/mol. The molecule has 0 bridgehead atoms. The van der Waals surface area contributed by atoms with Gasteiger partial charge in [-0.05, 0) is 11.6 Å². The summed E-state index contributed by atoms with van der Waals surface area (Å²) in [5, 5.41) is 13.8. The summed E-state index contributed by atoms with van der Waals surface area (Å²) >= 11 is 3.22. The topological polar surface area (TPSA) is 64.4 Å². The Labute approximate surface area is 108 Å². The van der Waals surface area contributed by atoms with Crippen molar-refractivity contribution in [2.45, 2.75) is 6.54 Å². The lowest BCUT2D eigenvalue weighted by molar-refractivity contribution is -0.385. The summed E-state index contributed by atoms with van der Waals surface area (Å²) in [6.45, 7) is 4.81. The lowest BCUT2D eigenvalue weighted by Crippen LogP contribution is -2.14. The second-order valence-electron chi connectivity index (χ2n) is 3.42. The van der Waals surface area contributed by atoms with Gasteiger partial charge in [0.2, 0.25) is 0 Å². The third-order valence-electron chi connectivity index (χ3n) is 2.04. The predicted octanol–water partition coefficient (Wildman–Crippen LogP) is 2.60. The molecular weight excluding hydrogens is 288 g/mol. The predicted molar refractivity (Wildman–Crippen MR) is 69.4 cm³/mol. The molecule has 5 nitrogen and oxygen atoms in total. The van der Waals surface area contributed by atoms with Crippen molar-refractivity contribution in [2.75, 3.05) is 13.7 Å². The molecule has 0 unspecified atom stereocenters. The van der Waals surface area contributed by atoms with Crippen molar-refractivity contribution in [3.05, 3.63) is 44.9 Å². The Morgan fingerprint density at radius 3 is 2.82 bits per heavy atom. The monoisotopic (exact) mass is 300 g/mol. The van der Waals surface area contributed by atoms with Crippen molar-refractivity contribution in [1.82, 2.24) is 5.32 Å². The number of non-ortho nitro benzene ring substituents is 1. The van der Waals surface area contributed by atoms with Gasteiger partial charge in [0.25, 0.3) is 5.69 Å². The van der Waals surface area contributed by atoms with Gasteiger partial charge in [-0.2, -0.15) is 0 Å². The number of nitro benzene ring substituents is 1. The van der Waals surface area contributed by atoms with E-state index >= 15 is 0 Å². The minimum Gasteiger partial charge on any atom is -0.496 e. The third-order valence-corrected chi connectivity index (χ3v) is 2.32. The molecule has 6 heteroatoms. The molecule has 0 aliphatic heterocycles. The summed E-state index contributed by atoms with van der Waals surface area (Å²) in [6.07, 6.45) is 0. The third kappa shape index (κ3) is 4.54. The van der Waals surface area contributed by atoms with Crippen molar-refractivity contribution in [2.24, 2.45) is 0 Å². The zero-order chi connectivity index (χ0) is 12.8. The van der Waals surface area contributed by atoms with Crippen LogP contribution in [0.5, 0.6) is 5.75 Å². The highest BCUT2D eigenvalue weighted by molar-refractivity contribution is 9.11. The molecule has 92 valence electrons. The number of hydrogen-bond acceptors (Lipinski definition) is 4. The van der Waals surface area contributed by atoms with E-state index in [4.69, 9.17) is 4.74 Å². The molecule has 0 fully saturated rings. The van der Waals surface area contributed by atoms with Crippen LogP contribution >= 0.6 is 15.9 Å². The van der Waals surface area contributed by atoms with Gasteiger partial charge in [0.15, 0.2) is 0 Å². The first kappa shape index (κ1) is 13.7. The molecular formula is C11H13BrN2O3. The smallest absolute Gasteiger partial charge is 0.273 e. The highest BCUT2D eigenvalue weighted by Crippen LogP contribution is 2.22. The molecule has 0 atom stereocenters. The van der Waals surface area contributed by atoms with Crippen molar-refractivity contribution >= 4 is 21.6 Å². The summed E-state index contributed by atoms with van der Waals surface area (Å²) in [5.41, 5.74) is 0.823. The molecule has 0 aromatic heterocycles. The number of ether oxygens (including phenoxy) is 1. The maximum absolute atomic E-state index is 10.7. The zero-order valence-corrected chi connectivity index (χ0v) is 11.0. The summed E-state index contributed by atoms with van der Waals surface area (Å²) in [7, 11) is 1.48. The van der Waals surface area contributed by atoms with E-state index in [0.717, 1.165) is 10.0 Å². The Hall–Kier alpha value is -1.40. The first-order valence-corrected chi connectivity index (χ1v) is 5.68. The van der Waals surface area contributed by atoms with E-state index in [9.17, 15) is 10.1 Å². The highest BCUT2D eigenvalue weighted by Gasteiger charge is 2.09. The van der Waals surface area contributed by atoms with E-state index < -0.39 is 4.92 Å². The van der Waals surface area contributed by atoms with Crippen molar-refractivity contribution < 1.29 is 9.66 Å². The van der Waals surface area contributed by atoms with Crippen molar-refractivity contribution in [3.8, 4) is 5.75 Å². The normalized spacial score (nSPS) is 10.0. The van der Waals surface area contributed by atoms with Crippen LogP contribution in [-0.2, 0) is 6.54 Å². The fourth-order valence-electron chi connectivity index (χ4n) is 1.31. The molecule has 0 amide bonds. The molecule has 1 aromatic carbocycles. The standard InChI is InChI=1S/C11H13BrN2O3/c1-8(12)6-13-7-9-3-10(14(15)16)5-11(4-9)17-2/h3-5,13H,1,6-7H2,2H3. The largest absolute Gasteiger partial charge is 0.496 e. The minimum atomic E-state index is -0.435. The summed E-state index contributed by atoms with van der Waals surface area (Å²) < 4.78 is 5.84. The molecule has 1 rings (SSSR count). The van der Waals surface area contributed by atoms with Gasteiger partial charge in [-0.15, -0.1) is 0 Å². The van der Waals surface area contributed by atoms with Crippen LogP contribution in [-0.4, -0.2) is 18.6 Å². The number of nitrogens with one attached hydrogen (secondary N) is 1. The van der Waals surface area contributed by atoms with Gasteiger partial charge in [0, 0.05) is 23.6 Å². The van der Waals surface area contributed by atoms with E-state index in [0.29, 0.717) is 18.8 Å². The molecule has 0 saturated heterocycles. The first-order chi connectivity index (χ1) is 8.02. The van der Waals surface area contributed by atoms with Gasteiger partial charge in [-0.3, -0.25) is 10.1 Å². The quantitative estimate of drug-likeness (QED) is 0.648. The van der Waals surface area contributed by atoms with E-state index in [1.807, 2.05) is 0 Å². The molecule has 17 heavy (non-hydrogen) atoms. The Kier molecular flexibility index (Phi) is 5.11. The van der Waals surface area contributed by atoms with E-state index in [1.54, 1.807) is 6.07 Å². The molecule has 0 spiro atoms. The van der Waals surface area contributed by atoms with Crippen molar-refractivity contribution in [1.29, 1.82) is 0 Å². The maximum atomic E-state index is 10.7. The minimum absolute atomic E-state index is 0.0267.